The highest BCUT2D eigenvalue weighted by Gasteiger charge is 2.15. The number of carbonyl (C=O) groups is 3. The molecule has 124 valence electrons. The highest BCUT2D eigenvalue weighted by molar-refractivity contribution is 7.80. The summed E-state index contributed by atoms with van der Waals surface area (Å²) in [5, 5.41) is 5.31. The van der Waals surface area contributed by atoms with Crippen molar-refractivity contribution in [2.45, 2.75) is 13.8 Å². The lowest BCUT2D eigenvalue weighted by Gasteiger charge is -2.13. The number of nitrogens with one attached hydrogen (secondary N) is 2. The monoisotopic (exact) mass is 338 g/mol. The number of thiocarbonyl (C=S) groups is 1. The third kappa shape index (κ3) is 5.33. The van der Waals surface area contributed by atoms with Crippen molar-refractivity contribution in [1.82, 2.24) is 5.32 Å². The van der Waals surface area contributed by atoms with Crippen molar-refractivity contribution in [3.8, 4) is 0 Å². The number of amides is 1. The van der Waals surface area contributed by atoms with Crippen LogP contribution in [-0.2, 0) is 14.3 Å². The molecule has 7 nitrogen and oxygen atoms in total. The molecular formula is C15H18N2O5S. The molecule has 8 heteroatoms. The Balaban J connectivity index is 3.05. The van der Waals surface area contributed by atoms with Gasteiger partial charge in [-0.05, 0) is 30.4 Å². The normalized spacial score (nSPS) is 9.96. The highest BCUT2D eigenvalue weighted by Crippen LogP contribution is 2.17. The van der Waals surface area contributed by atoms with Crippen LogP contribution in [0.5, 0.6) is 0 Å². The van der Waals surface area contributed by atoms with Gasteiger partial charge in [0.1, 0.15) is 0 Å². The molecule has 0 radical (unpaired) electrons. The van der Waals surface area contributed by atoms with Crippen molar-refractivity contribution in [3.05, 3.63) is 29.3 Å². The summed E-state index contributed by atoms with van der Waals surface area (Å²) >= 11 is 5.03. The zero-order valence-electron chi connectivity index (χ0n) is 13.3. The Morgan fingerprint density at radius 2 is 1.48 bits per heavy atom. The van der Waals surface area contributed by atoms with Gasteiger partial charge < -0.3 is 20.1 Å². The van der Waals surface area contributed by atoms with E-state index in [0.29, 0.717) is 5.69 Å². The second-order valence-corrected chi connectivity index (χ2v) is 5.29. The van der Waals surface area contributed by atoms with Gasteiger partial charge in [-0.3, -0.25) is 4.79 Å². The Morgan fingerprint density at radius 1 is 1.00 bits per heavy atom. The number of hydrogen-bond donors (Lipinski definition) is 2. The minimum atomic E-state index is -0.615. The molecule has 1 aromatic carbocycles. The number of hydrogen-bond acceptors (Lipinski definition) is 6. The molecule has 1 amide bonds. The Hall–Kier alpha value is -2.48. The van der Waals surface area contributed by atoms with E-state index in [4.69, 9.17) is 12.2 Å². The van der Waals surface area contributed by atoms with E-state index in [-0.39, 0.29) is 28.1 Å². The topological polar surface area (TPSA) is 93.7 Å². The summed E-state index contributed by atoms with van der Waals surface area (Å²) < 4.78 is 9.28. The molecule has 23 heavy (non-hydrogen) atoms. The van der Waals surface area contributed by atoms with E-state index in [1.54, 1.807) is 13.8 Å². The van der Waals surface area contributed by atoms with Crippen molar-refractivity contribution in [2.24, 2.45) is 5.92 Å². The Bertz CT molecular complexity index is 609. The van der Waals surface area contributed by atoms with Crippen molar-refractivity contribution in [2.75, 3.05) is 19.5 Å². The molecule has 0 saturated carbocycles. The van der Waals surface area contributed by atoms with Crippen LogP contribution in [-0.4, -0.2) is 37.2 Å². The van der Waals surface area contributed by atoms with Gasteiger partial charge in [0.15, 0.2) is 5.11 Å². The van der Waals surface area contributed by atoms with Crippen LogP contribution in [0.15, 0.2) is 18.2 Å². The second kappa shape index (κ2) is 8.23. The van der Waals surface area contributed by atoms with Gasteiger partial charge in [0.25, 0.3) is 0 Å². The molecule has 0 fully saturated rings. The summed E-state index contributed by atoms with van der Waals surface area (Å²) in [7, 11) is 2.46. The Kier molecular flexibility index (Phi) is 6.65. The first-order valence-corrected chi connectivity index (χ1v) is 7.12. The number of benzene rings is 1. The minimum Gasteiger partial charge on any atom is -0.465 e. The number of esters is 2. The molecule has 0 atom stereocenters. The van der Waals surface area contributed by atoms with E-state index in [1.807, 2.05) is 0 Å². The van der Waals surface area contributed by atoms with Gasteiger partial charge in [0, 0.05) is 11.6 Å². The average Bonchev–Trinajstić information content (AvgIpc) is 2.52. The lowest BCUT2D eigenvalue weighted by atomic mass is 10.1. The molecule has 0 aliphatic carbocycles. The predicted octanol–water partition coefficient (Wildman–Crippen LogP) is 1.73. The quantitative estimate of drug-likeness (QED) is 0.638. The smallest absolute Gasteiger partial charge is 0.337 e. The molecule has 0 aliphatic heterocycles. The SMILES string of the molecule is COC(=O)c1cc(NC(=S)NC(=O)C(C)C)cc(C(=O)OC)c1. The average molecular weight is 338 g/mol. The number of carbonyl (C=O) groups excluding carboxylic acids is 3. The Labute approximate surface area is 139 Å². The van der Waals surface area contributed by atoms with Gasteiger partial charge >= 0.3 is 11.9 Å². The maximum atomic E-state index is 11.7. The second-order valence-electron chi connectivity index (χ2n) is 4.88. The molecule has 0 bridgehead atoms. The maximum Gasteiger partial charge on any atom is 0.337 e. The van der Waals surface area contributed by atoms with Crippen LogP contribution in [0, 0.1) is 5.92 Å². The van der Waals surface area contributed by atoms with E-state index in [0.717, 1.165) is 0 Å². The molecule has 0 saturated heterocycles. The summed E-state index contributed by atoms with van der Waals surface area (Å²) in [5.74, 6) is -1.71. The molecule has 0 aliphatic rings. The summed E-state index contributed by atoms with van der Waals surface area (Å²) in [6, 6.07) is 4.25. The summed E-state index contributed by atoms with van der Waals surface area (Å²) in [6.07, 6.45) is 0. The molecule has 0 heterocycles. The van der Waals surface area contributed by atoms with Gasteiger partial charge in [0.2, 0.25) is 5.91 Å². The first-order chi connectivity index (χ1) is 10.8. The van der Waals surface area contributed by atoms with Crippen LogP contribution >= 0.6 is 12.2 Å². The van der Waals surface area contributed by atoms with E-state index in [9.17, 15) is 14.4 Å². The number of ether oxygens (including phenoxy) is 2. The van der Waals surface area contributed by atoms with Crippen LogP contribution in [0.2, 0.25) is 0 Å². The number of anilines is 1. The largest absolute Gasteiger partial charge is 0.465 e. The molecular weight excluding hydrogens is 320 g/mol. The maximum absolute atomic E-state index is 11.7. The molecule has 0 unspecified atom stereocenters. The van der Waals surface area contributed by atoms with Gasteiger partial charge in [0.05, 0.1) is 25.3 Å². The molecule has 2 N–H and O–H groups in total. The van der Waals surface area contributed by atoms with Crippen LogP contribution in [0.25, 0.3) is 0 Å². The van der Waals surface area contributed by atoms with Crippen molar-refractivity contribution in [3.63, 3.8) is 0 Å². The minimum absolute atomic E-state index is 0.0570. The van der Waals surface area contributed by atoms with Crippen molar-refractivity contribution in [1.29, 1.82) is 0 Å². The fourth-order valence-corrected chi connectivity index (χ4v) is 1.81. The summed E-state index contributed by atoms with van der Waals surface area (Å²) in [4.78, 5) is 35.0. The Morgan fingerprint density at radius 3 is 1.87 bits per heavy atom. The molecule has 0 spiro atoms. The zero-order valence-corrected chi connectivity index (χ0v) is 14.1. The van der Waals surface area contributed by atoms with E-state index >= 15 is 0 Å². The summed E-state index contributed by atoms with van der Waals surface area (Å²) in [6.45, 7) is 3.45. The third-order valence-electron chi connectivity index (χ3n) is 2.79. The third-order valence-corrected chi connectivity index (χ3v) is 3.00. The van der Waals surface area contributed by atoms with Gasteiger partial charge in [-0.25, -0.2) is 9.59 Å². The zero-order chi connectivity index (χ0) is 17.6. The lowest BCUT2D eigenvalue weighted by Crippen LogP contribution is -2.36. The van der Waals surface area contributed by atoms with Crippen LogP contribution < -0.4 is 10.6 Å². The van der Waals surface area contributed by atoms with E-state index in [1.165, 1.54) is 32.4 Å². The fourth-order valence-electron chi connectivity index (χ4n) is 1.59. The van der Waals surface area contributed by atoms with Crippen LogP contribution in [0.4, 0.5) is 5.69 Å². The molecule has 1 rings (SSSR count). The van der Waals surface area contributed by atoms with E-state index < -0.39 is 11.9 Å². The lowest BCUT2D eigenvalue weighted by molar-refractivity contribution is -0.122. The first-order valence-electron chi connectivity index (χ1n) is 6.72. The highest BCUT2D eigenvalue weighted by atomic mass is 32.1. The van der Waals surface area contributed by atoms with Crippen molar-refractivity contribution < 1.29 is 23.9 Å². The molecule has 1 aromatic rings. The molecule has 0 aromatic heterocycles. The van der Waals surface area contributed by atoms with Gasteiger partial charge in [-0.2, -0.15) is 0 Å². The van der Waals surface area contributed by atoms with E-state index in [2.05, 4.69) is 20.1 Å². The van der Waals surface area contributed by atoms with Gasteiger partial charge in [-0.15, -0.1) is 0 Å². The van der Waals surface area contributed by atoms with Gasteiger partial charge in [-0.1, -0.05) is 13.8 Å². The fraction of sp³-hybridized carbons (Fsp3) is 0.333. The predicted molar refractivity (Wildman–Crippen MR) is 88.3 cm³/mol. The standard InChI is InChI=1S/C15H18N2O5S/c1-8(2)12(18)17-15(23)16-11-6-9(13(19)21-3)5-10(7-11)14(20)22-4/h5-8H,1-4H3,(H2,16,17,18,23). The number of rotatable bonds is 4. The number of methoxy groups -OCH3 is 2. The first kappa shape index (κ1) is 18.6. The summed E-state index contributed by atoms with van der Waals surface area (Å²) in [5.41, 5.74) is 0.647. The van der Waals surface area contributed by atoms with Crippen LogP contribution in [0.3, 0.4) is 0 Å². The van der Waals surface area contributed by atoms with Crippen molar-refractivity contribution >= 4 is 40.9 Å². The van der Waals surface area contributed by atoms with Crippen LogP contribution in [0.1, 0.15) is 34.6 Å².